The molecule has 0 aromatic heterocycles. The second-order valence-corrected chi connectivity index (χ2v) is 5.37. The summed E-state index contributed by atoms with van der Waals surface area (Å²) in [7, 11) is 0. The lowest BCUT2D eigenvalue weighted by Crippen LogP contribution is -2.22. The van der Waals surface area contributed by atoms with Crippen LogP contribution < -0.4 is 4.74 Å². The quantitative estimate of drug-likeness (QED) is 0.235. The first-order chi connectivity index (χ1) is 10.6. The van der Waals surface area contributed by atoms with E-state index in [0.717, 1.165) is 25.0 Å². The van der Waals surface area contributed by atoms with Crippen molar-refractivity contribution < 1.29 is 19.5 Å². The van der Waals surface area contributed by atoms with Crippen LogP contribution in [0, 0.1) is 5.92 Å². The van der Waals surface area contributed by atoms with E-state index in [9.17, 15) is 4.79 Å². The molecule has 122 valence electrons. The minimum Gasteiger partial charge on any atom is -0.494 e. The lowest BCUT2D eigenvalue weighted by Gasteiger charge is -2.13. The molecule has 0 heterocycles. The highest BCUT2D eigenvalue weighted by Gasteiger charge is 2.18. The van der Waals surface area contributed by atoms with Crippen LogP contribution in [0.25, 0.3) is 0 Å². The lowest BCUT2D eigenvalue weighted by molar-refractivity contribution is -0.150. The molecule has 5 nitrogen and oxygen atoms in total. The number of carbonyl (C=O) groups excluding carboxylic acids is 1. The van der Waals surface area contributed by atoms with E-state index in [4.69, 9.17) is 14.7 Å². The second-order valence-electron chi connectivity index (χ2n) is 5.37. The molecule has 0 aliphatic heterocycles. The Hall–Kier alpha value is -2.04. The van der Waals surface area contributed by atoms with Gasteiger partial charge >= 0.3 is 5.97 Å². The normalized spacial score (nSPS) is 12.5. The van der Waals surface area contributed by atoms with Crippen molar-refractivity contribution in [2.75, 3.05) is 6.61 Å². The molecule has 1 unspecified atom stereocenters. The summed E-state index contributed by atoms with van der Waals surface area (Å²) in [5, 5.41) is 11.6. The van der Waals surface area contributed by atoms with Crippen LogP contribution in [0.4, 0.5) is 0 Å². The maximum Gasteiger partial charge on any atom is 0.314 e. The van der Waals surface area contributed by atoms with E-state index in [1.807, 2.05) is 30.3 Å². The Morgan fingerprint density at radius 1 is 1.23 bits per heavy atom. The van der Waals surface area contributed by atoms with Crippen molar-refractivity contribution in [1.82, 2.24) is 0 Å². The Labute approximate surface area is 131 Å². The van der Waals surface area contributed by atoms with Gasteiger partial charge in [-0.25, -0.2) is 0 Å². The predicted octanol–water partition coefficient (Wildman–Crippen LogP) is 3.65. The topological polar surface area (TPSA) is 68.1 Å². The Bertz CT molecular complexity index is 445. The average Bonchev–Trinajstić information content (AvgIpc) is 2.50. The monoisotopic (exact) mass is 307 g/mol. The fourth-order valence-corrected chi connectivity index (χ4v) is 2.00. The second kappa shape index (κ2) is 10.7. The van der Waals surface area contributed by atoms with E-state index in [0.29, 0.717) is 13.0 Å². The standard InChI is InChI=1S/C17H25NO4/c1-14(2)22-17(19)15(13-18-20)9-5-4-8-12-21-16-10-6-3-7-11-16/h3,6-7,10-11,13-15,20H,4-5,8-9,12H2,1-2H3/b18-13-. The number of ether oxygens (including phenoxy) is 2. The molecule has 0 bridgehead atoms. The molecule has 0 radical (unpaired) electrons. The van der Waals surface area contributed by atoms with Crippen LogP contribution in [0.3, 0.4) is 0 Å². The van der Waals surface area contributed by atoms with Gasteiger partial charge in [0, 0.05) is 0 Å². The van der Waals surface area contributed by atoms with Crippen LogP contribution in [0.2, 0.25) is 0 Å². The van der Waals surface area contributed by atoms with Crippen LogP contribution in [0.15, 0.2) is 35.5 Å². The van der Waals surface area contributed by atoms with Gasteiger partial charge in [0.2, 0.25) is 0 Å². The van der Waals surface area contributed by atoms with Crippen molar-refractivity contribution in [1.29, 1.82) is 0 Å². The molecule has 0 spiro atoms. The van der Waals surface area contributed by atoms with E-state index in [2.05, 4.69) is 5.16 Å². The van der Waals surface area contributed by atoms with Gasteiger partial charge in [0.1, 0.15) is 5.75 Å². The Morgan fingerprint density at radius 2 is 1.95 bits per heavy atom. The van der Waals surface area contributed by atoms with E-state index in [-0.39, 0.29) is 12.1 Å². The number of benzene rings is 1. The number of oxime groups is 1. The average molecular weight is 307 g/mol. The first-order valence-corrected chi connectivity index (χ1v) is 7.69. The minimum absolute atomic E-state index is 0.165. The number of nitrogens with zero attached hydrogens (tertiary/aromatic N) is 1. The molecule has 1 N–H and O–H groups in total. The summed E-state index contributed by atoms with van der Waals surface area (Å²) < 4.78 is 10.7. The van der Waals surface area contributed by atoms with Gasteiger partial charge < -0.3 is 14.7 Å². The Balaban J connectivity index is 2.19. The molecule has 0 saturated heterocycles. The molecule has 0 aliphatic carbocycles. The van der Waals surface area contributed by atoms with Crippen molar-refractivity contribution in [2.24, 2.45) is 11.1 Å². The SMILES string of the molecule is CC(C)OC(=O)C(/C=N\O)CCCCCOc1ccccc1. The van der Waals surface area contributed by atoms with E-state index < -0.39 is 5.92 Å². The number of carbonyl (C=O) groups is 1. The van der Waals surface area contributed by atoms with E-state index >= 15 is 0 Å². The highest BCUT2D eigenvalue weighted by Crippen LogP contribution is 2.13. The molecule has 5 heteroatoms. The zero-order valence-corrected chi connectivity index (χ0v) is 13.3. The van der Waals surface area contributed by atoms with Crippen molar-refractivity contribution in [3.8, 4) is 5.75 Å². The van der Waals surface area contributed by atoms with Crippen LogP contribution in [-0.4, -0.2) is 30.1 Å². The van der Waals surface area contributed by atoms with Crippen LogP contribution >= 0.6 is 0 Å². The highest BCUT2D eigenvalue weighted by atomic mass is 16.5. The van der Waals surface area contributed by atoms with Gasteiger partial charge in [0.25, 0.3) is 0 Å². The molecule has 0 aliphatic rings. The van der Waals surface area contributed by atoms with E-state index in [1.54, 1.807) is 13.8 Å². The fraction of sp³-hybridized carbons (Fsp3) is 0.529. The largest absolute Gasteiger partial charge is 0.494 e. The number of unbranched alkanes of at least 4 members (excludes halogenated alkanes) is 2. The third-order valence-corrected chi connectivity index (χ3v) is 3.07. The number of rotatable bonds is 10. The molecule has 1 rings (SSSR count). The Morgan fingerprint density at radius 3 is 2.59 bits per heavy atom. The van der Waals surface area contributed by atoms with Crippen LogP contribution in [0.5, 0.6) is 5.75 Å². The highest BCUT2D eigenvalue weighted by molar-refractivity contribution is 5.89. The van der Waals surface area contributed by atoms with Crippen molar-refractivity contribution in [2.45, 2.75) is 45.6 Å². The van der Waals surface area contributed by atoms with Gasteiger partial charge in [0.05, 0.1) is 24.8 Å². The summed E-state index contributed by atoms with van der Waals surface area (Å²) >= 11 is 0. The fourth-order valence-electron chi connectivity index (χ4n) is 2.00. The van der Waals surface area contributed by atoms with Crippen molar-refractivity contribution in [3.05, 3.63) is 30.3 Å². The van der Waals surface area contributed by atoms with Crippen LogP contribution in [0.1, 0.15) is 39.5 Å². The summed E-state index contributed by atoms with van der Waals surface area (Å²) in [5.41, 5.74) is 0. The molecule has 22 heavy (non-hydrogen) atoms. The number of hydrogen-bond donors (Lipinski definition) is 1. The minimum atomic E-state index is -0.484. The summed E-state index contributed by atoms with van der Waals surface area (Å²) in [6.45, 7) is 4.25. The summed E-state index contributed by atoms with van der Waals surface area (Å²) in [6, 6.07) is 9.68. The third-order valence-electron chi connectivity index (χ3n) is 3.07. The van der Waals surface area contributed by atoms with Gasteiger partial charge in [-0.2, -0.15) is 0 Å². The molecule has 0 fully saturated rings. The number of para-hydroxylation sites is 1. The van der Waals surface area contributed by atoms with Crippen molar-refractivity contribution in [3.63, 3.8) is 0 Å². The molecule has 1 aromatic rings. The smallest absolute Gasteiger partial charge is 0.314 e. The molecule has 0 saturated carbocycles. The third kappa shape index (κ3) is 7.67. The maximum atomic E-state index is 11.8. The molecular weight excluding hydrogens is 282 g/mol. The Kier molecular flexibility index (Phi) is 8.72. The zero-order valence-electron chi connectivity index (χ0n) is 13.3. The number of esters is 1. The van der Waals surface area contributed by atoms with E-state index in [1.165, 1.54) is 6.21 Å². The first kappa shape index (κ1) is 18.0. The van der Waals surface area contributed by atoms with Gasteiger partial charge in [-0.3, -0.25) is 4.79 Å². The molecule has 0 amide bonds. The first-order valence-electron chi connectivity index (χ1n) is 7.69. The molecule has 1 aromatic carbocycles. The number of hydrogen-bond acceptors (Lipinski definition) is 5. The lowest BCUT2D eigenvalue weighted by atomic mass is 10.0. The van der Waals surface area contributed by atoms with Gasteiger partial charge in [0.15, 0.2) is 0 Å². The molecular formula is C17H25NO4. The maximum absolute atomic E-state index is 11.8. The van der Waals surface area contributed by atoms with Crippen LogP contribution in [-0.2, 0) is 9.53 Å². The summed E-state index contributed by atoms with van der Waals surface area (Å²) in [6.07, 6.45) is 4.39. The molecule has 1 atom stereocenters. The van der Waals surface area contributed by atoms with Gasteiger partial charge in [-0.15, -0.1) is 5.16 Å². The summed E-state index contributed by atoms with van der Waals surface area (Å²) in [5.74, 6) is 0.0454. The zero-order chi connectivity index (χ0) is 16.2. The predicted molar refractivity (Wildman–Crippen MR) is 85.4 cm³/mol. The van der Waals surface area contributed by atoms with Crippen molar-refractivity contribution >= 4 is 12.2 Å². The summed E-state index contributed by atoms with van der Waals surface area (Å²) in [4.78, 5) is 11.8. The van der Waals surface area contributed by atoms with Gasteiger partial charge in [-0.05, 0) is 38.8 Å². The van der Waals surface area contributed by atoms with Gasteiger partial charge in [-0.1, -0.05) is 31.0 Å².